The summed E-state index contributed by atoms with van der Waals surface area (Å²) in [4.78, 5) is 15.3. The fraction of sp³-hybridized carbons (Fsp3) is 0. The Hall–Kier alpha value is -5.67. The van der Waals surface area contributed by atoms with Gasteiger partial charge < -0.3 is 0 Å². The third-order valence-electron chi connectivity index (χ3n) is 7.93. The Morgan fingerprint density at radius 3 is 1.60 bits per heavy atom. The third kappa shape index (κ3) is 4.20. The molecule has 0 aliphatic carbocycles. The van der Waals surface area contributed by atoms with Crippen molar-refractivity contribution in [3.05, 3.63) is 152 Å². The van der Waals surface area contributed by atoms with Crippen LogP contribution in [0.2, 0.25) is 0 Å². The van der Waals surface area contributed by atoms with Crippen LogP contribution in [-0.2, 0) is 0 Å². The highest BCUT2D eigenvalue weighted by Gasteiger charge is 2.17. The monoisotopic (exact) mass is 535 g/mol. The number of nitrogens with zero attached hydrogens (tertiary/aromatic N) is 3. The van der Waals surface area contributed by atoms with Crippen molar-refractivity contribution >= 4 is 32.3 Å². The summed E-state index contributed by atoms with van der Waals surface area (Å²) >= 11 is 0. The third-order valence-corrected chi connectivity index (χ3v) is 7.93. The maximum Gasteiger partial charge on any atom is 0.164 e. The van der Waals surface area contributed by atoms with E-state index in [9.17, 15) is 0 Å². The van der Waals surface area contributed by atoms with Gasteiger partial charge in [0.25, 0.3) is 0 Å². The molecule has 8 aromatic rings. The van der Waals surface area contributed by atoms with E-state index in [0.717, 1.165) is 43.8 Å². The zero-order chi connectivity index (χ0) is 27.9. The molecule has 1 aromatic heterocycles. The zero-order valence-electron chi connectivity index (χ0n) is 22.8. The van der Waals surface area contributed by atoms with E-state index in [1.165, 1.54) is 16.3 Å². The lowest BCUT2D eigenvalue weighted by molar-refractivity contribution is 1.08. The molecule has 0 saturated heterocycles. The van der Waals surface area contributed by atoms with Crippen LogP contribution in [0.1, 0.15) is 0 Å². The van der Waals surface area contributed by atoms with Gasteiger partial charge in [0.15, 0.2) is 17.5 Å². The van der Waals surface area contributed by atoms with Crippen molar-refractivity contribution in [1.29, 1.82) is 0 Å². The van der Waals surface area contributed by atoms with Crippen LogP contribution >= 0.6 is 0 Å². The summed E-state index contributed by atoms with van der Waals surface area (Å²) in [6.45, 7) is 0. The number of aromatic nitrogens is 3. The molecule has 3 heteroatoms. The molecule has 0 radical (unpaired) electrons. The SMILES string of the molecule is c1ccc(-c2ccc(-c3nc(-c4cccc5ccccc45)nc(-c4cc5ccccc5c5ccccc45)n3)cc2)cc1. The first-order chi connectivity index (χ1) is 20.8. The molecule has 0 bridgehead atoms. The Morgan fingerprint density at radius 1 is 0.286 bits per heavy atom. The fourth-order valence-corrected chi connectivity index (χ4v) is 5.85. The van der Waals surface area contributed by atoms with Gasteiger partial charge >= 0.3 is 0 Å². The van der Waals surface area contributed by atoms with E-state index in [1.54, 1.807) is 0 Å². The molecule has 0 unspecified atom stereocenters. The van der Waals surface area contributed by atoms with Crippen molar-refractivity contribution in [3.8, 4) is 45.3 Å². The minimum absolute atomic E-state index is 0.653. The van der Waals surface area contributed by atoms with Crippen LogP contribution in [0.15, 0.2) is 152 Å². The maximum atomic E-state index is 5.15. The Labute approximate surface area is 243 Å². The van der Waals surface area contributed by atoms with E-state index in [1.807, 2.05) is 6.07 Å². The van der Waals surface area contributed by atoms with E-state index in [4.69, 9.17) is 15.0 Å². The van der Waals surface area contributed by atoms with Crippen LogP contribution < -0.4 is 0 Å². The quantitative estimate of drug-likeness (QED) is 0.211. The summed E-state index contributed by atoms with van der Waals surface area (Å²) in [6.07, 6.45) is 0. The largest absolute Gasteiger partial charge is 0.208 e. The van der Waals surface area contributed by atoms with Crippen LogP contribution in [0.5, 0.6) is 0 Å². The maximum absolute atomic E-state index is 5.15. The van der Waals surface area contributed by atoms with E-state index in [2.05, 4.69) is 146 Å². The normalized spacial score (nSPS) is 11.3. The average Bonchev–Trinajstić information content (AvgIpc) is 3.08. The zero-order valence-corrected chi connectivity index (χ0v) is 22.8. The summed E-state index contributed by atoms with van der Waals surface area (Å²) in [5.41, 5.74) is 5.27. The molecule has 1 heterocycles. The van der Waals surface area contributed by atoms with Gasteiger partial charge in [-0.25, -0.2) is 15.0 Å². The van der Waals surface area contributed by atoms with E-state index >= 15 is 0 Å². The first kappa shape index (κ1) is 24.2. The Morgan fingerprint density at radius 2 is 0.810 bits per heavy atom. The molecule has 0 aliphatic rings. The molecule has 196 valence electrons. The average molecular weight is 536 g/mol. The molecule has 0 N–H and O–H groups in total. The molecule has 0 atom stereocenters. The van der Waals surface area contributed by atoms with Crippen molar-refractivity contribution in [2.45, 2.75) is 0 Å². The number of benzene rings is 7. The summed E-state index contributed by atoms with van der Waals surface area (Å²) in [5.74, 6) is 1.98. The highest BCUT2D eigenvalue weighted by molar-refractivity contribution is 6.13. The van der Waals surface area contributed by atoms with Crippen LogP contribution in [0.25, 0.3) is 77.6 Å². The van der Waals surface area contributed by atoms with Gasteiger partial charge in [0, 0.05) is 16.7 Å². The smallest absolute Gasteiger partial charge is 0.164 e. The van der Waals surface area contributed by atoms with Gasteiger partial charge in [-0.15, -0.1) is 0 Å². The van der Waals surface area contributed by atoms with Crippen LogP contribution in [0.3, 0.4) is 0 Å². The van der Waals surface area contributed by atoms with Crippen molar-refractivity contribution in [3.63, 3.8) is 0 Å². The molecule has 0 fully saturated rings. The second kappa shape index (κ2) is 10.1. The summed E-state index contributed by atoms with van der Waals surface area (Å²) in [7, 11) is 0. The van der Waals surface area contributed by atoms with E-state index in [-0.39, 0.29) is 0 Å². The van der Waals surface area contributed by atoms with Crippen molar-refractivity contribution in [2.75, 3.05) is 0 Å². The minimum Gasteiger partial charge on any atom is -0.208 e. The fourth-order valence-electron chi connectivity index (χ4n) is 5.85. The minimum atomic E-state index is 0.653. The van der Waals surface area contributed by atoms with Gasteiger partial charge in [-0.2, -0.15) is 0 Å². The van der Waals surface area contributed by atoms with Gasteiger partial charge in [0.2, 0.25) is 0 Å². The van der Waals surface area contributed by atoms with Gasteiger partial charge in [-0.05, 0) is 49.5 Å². The standard InChI is InChI=1S/C39H25N3/c1-2-11-26(12-3-1)27-21-23-29(24-22-27)37-40-38(35-20-10-15-28-13-4-6-16-31(28)35)42-39(41-37)36-25-30-14-5-7-17-32(30)33-18-8-9-19-34(33)36/h1-25H. The molecular formula is C39H25N3. The van der Waals surface area contributed by atoms with Crippen LogP contribution in [0.4, 0.5) is 0 Å². The lowest BCUT2D eigenvalue weighted by Gasteiger charge is -2.13. The van der Waals surface area contributed by atoms with Crippen LogP contribution in [0, 0.1) is 0 Å². The molecule has 0 saturated carbocycles. The van der Waals surface area contributed by atoms with E-state index in [0.29, 0.717) is 17.5 Å². The predicted octanol–water partition coefficient (Wildman–Crippen LogP) is 10.00. The second-order valence-corrected chi connectivity index (χ2v) is 10.5. The van der Waals surface area contributed by atoms with Gasteiger partial charge in [0.1, 0.15) is 0 Å². The van der Waals surface area contributed by atoms with Crippen molar-refractivity contribution < 1.29 is 0 Å². The first-order valence-electron chi connectivity index (χ1n) is 14.1. The molecule has 7 aromatic carbocycles. The van der Waals surface area contributed by atoms with Crippen molar-refractivity contribution in [2.24, 2.45) is 0 Å². The summed E-state index contributed by atoms with van der Waals surface area (Å²) < 4.78 is 0. The summed E-state index contributed by atoms with van der Waals surface area (Å²) in [6, 6.07) is 52.8. The first-order valence-corrected chi connectivity index (χ1v) is 14.1. The van der Waals surface area contributed by atoms with Gasteiger partial charge in [0.05, 0.1) is 0 Å². The van der Waals surface area contributed by atoms with Gasteiger partial charge in [-0.1, -0.05) is 146 Å². The highest BCUT2D eigenvalue weighted by Crippen LogP contribution is 2.36. The van der Waals surface area contributed by atoms with E-state index < -0.39 is 0 Å². The lowest BCUT2D eigenvalue weighted by atomic mass is 9.96. The molecular weight excluding hydrogens is 510 g/mol. The molecule has 0 spiro atoms. The van der Waals surface area contributed by atoms with Crippen molar-refractivity contribution in [1.82, 2.24) is 15.0 Å². The highest BCUT2D eigenvalue weighted by atomic mass is 15.0. The Bertz CT molecular complexity index is 2230. The second-order valence-electron chi connectivity index (χ2n) is 10.5. The number of hydrogen-bond acceptors (Lipinski definition) is 3. The molecule has 0 amide bonds. The number of hydrogen-bond donors (Lipinski definition) is 0. The molecule has 0 aliphatic heterocycles. The lowest BCUT2D eigenvalue weighted by Crippen LogP contribution is -2.01. The Balaban J connectivity index is 1.38. The predicted molar refractivity (Wildman–Crippen MR) is 174 cm³/mol. The van der Waals surface area contributed by atoms with Crippen LogP contribution in [-0.4, -0.2) is 15.0 Å². The Kier molecular flexibility index (Phi) is 5.79. The van der Waals surface area contributed by atoms with Gasteiger partial charge in [-0.3, -0.25) is 0 Å². The number of rotatable bonds is 4. The number of fused-ring (bicyclic) bond motifs is 4. The summed E-state index contributed by atoms with van der Waals surface area (Å²) in [5, 5.41) is 6.96. The molecule has 8 rings (SSSR count). The molecule has 42 heavy (non-hydrogen) atoms. The topological polar surface area (TPSA) is 38.7 Å². The molecule has 3 nitrogen and oxygen atoms in total.